The summed E-state index contributed by atoms with van der Waals surface area (Å²) in [6.07, 6.45) is 3.35. The summed E-state index contributed by atoms with van der Waals surface area (Å²) in [6, 6.07) is 8.07. The maximum Gasteiger partial charge on any atom is 0.0681 e. The molecular formula is C12H19NOS. The maximum absolute atomic E-state index is 8.88. The summed E-state index contributed by atoms with van der Waals surface area (Å²) in [5.41, 5.74) is 2.25. The lowest BCUT2D eigenvalue weighted by Gasteiger charge is -2.04. The molecule has 2 N–H and O–H groups in total. The molecule has 0 heterocycles. The Morgan fingerprint density at radius 1 is 1.20 bits per heavy atom. The third-order valence-electron chi connectivity index (χ3n) is 2.24. The molecule has 84 valence electrons. The van der Waals surface area contributed by atoms with Gasteiger partial charge in [0.05, 0.1) is 6.61 Å². The number of thioether (sulfide) groups is 1. The summed E-state index contributed by atoms with van der Waals surface area (Å²) in [5, 5.41) is 12.3. The van der Waals surface area contributed by atoms with Gasteiger partial charge in [-0.25, -0.2) is 0 Å². The Balaban J connectivity index is 2.20. The topological polar surface area (TPSA) is 32.3 Å². The van der Waals surface area contributed by atoms with Gasteiger partial charge >= 0.3 is 0 Å². The zero-order valence-electron chi connectivity index (χ0n) is 9.20. The number of benzene rings is 1. The van der Waals surface area contributed by atoms with Gasteiger partial charge in [0, 0.05) is 6.54 Å². The van der Waals surface area contributed by atoms with E-state index >= 15 is 0 Å². The summed E-state index contributed by atoms with van der Waals surface area (Å²) in [4.78, 5) is 0. The zero-order chi connectivity index (χ0) is 10.9. The van der Waals surface area contributed by atoms with Crippen molar-refractivity contribution in [3.63, 3.8) is 0 Å². The van der Waals surface area contributed by atoms with E-state index in [1.165, 1.54) is 17.7 Å². The highest BCUT2D eigenvalue weighted by atomic mass is 32.2. The van der Waals surface area contributed by atoms with Gasteiger partial charge in [-0.1, -0.05) is 24.3 Å². The van der Waals surface area contributed by atoms with Crippen LogP contribution in [-0.2, 0) is 13.2 Å². The van der Waals surface area contributed by atoms with Crippen molar-refractivity contribution < 1.29 is 5.11 Å². The van der Waals surface area contributed by atoms with Crippen LogP contribution in [0.1, 0.15) is 17.5 Å². The number of aliphatic hydroxyl groups excluding tert-OH is 1. The van der Waals surface area contributed by atoms with Crippen molar-refractivity contribution in [3.05, 3.63) is 35.4 Å². The first-order valence-corrected chi connectivity index (χ1v) is 6.64. The third-order valence-corrected chi connectivity index (χ3v) is 2.93. The van der Waals surface area contributed by atoms with Crippen molar-refractivity contribution in [1.29, 1.82) is 0 Å². The fourth-order valence-electron chi connectivity index (χ4n) is 1.34. The highest BCUT2D eigenvalue weighted by molar-refractivity contribution is 7.98. The normalized spacial score (nSPS) is 10.5. The molecule has 1 aromatic carbocycles. The lowest BCUT2D eigenvalue weighted by molar-refractivity contribution is 0.282. The first-order chi connectivity index (χ1) is 7.36. The van der Waals surface area contributed by atoms with Crippen LogP contribution in [0.5, 0.6) is 0 Å². The fourth-order valence-corrected chi connectivity index (χ4v) is 1.77. The van der Waals surface area contributed by atoms with Gasteiger partial charge in [0.25, 0.3) is 0 Å². The number of hydrogen-bond acceptors (Lipinski definition) is 3. The molecule has 1 rings (SSSR count). The van der Waals surface area contributed by atoms with Crippen LogP contribution in [0, 0.1) is 0 Å². The number of aliphatic hydroxyl groups is 1. The van der Waals surface area contributed by atoms with Gasteiger partial charge in [-0.3, -0.25) is 0 Å². The molecule has 0 aliphatic rings. The van der Waals surface area contributed by atoms with Crippen LogP contribution in [0.4, 0.5) is 0 Å². The van der Waals surface area contributed by atoms with Gasteiger partial charge in [0.1, 0.15) is 0 Å². The molecule has 0 atom stereocenters. The van der Waals surface area contributed by atoms with Crippen molar-refractivity contribution in [3.8, 4) is 0 Å². The van der Waals surface area contributed by atoms with Crippen LogP contribution in [0.15, 0.2) is 24.3 Å². The molecule has 0 saturated carbocycles. The van der Waals surface area contributed by atoms with Crippen LogP contribution in [0.3, 0.4) is 0 Å². The maximum atomic E-state index is 8.88. The third kappa shape index (κ3) is 5.21. The monoisotopic (exact) mass is 225 g/mol. The van der Waals surface area contributed by atoms with E-state index in [1.54, 1.807) is 0 Å². The standard InChI is InChI=1S/C12H19NOS/c1-15-8-2-7-13-9-11-3-5-12(10-14)6-4-11/h3-6,13-14H,2,7-10H2,1H3. The number of rotatable bonds is 7. The molecule has 15 heavy (non-hydrogen) atoms. The highest BCUT2D eigenvalue weighted by Crippen LogP contribution is 2.04. The van der Waals surface area contributed by atoms with E-state index in [0.29, 0.717) is 0 Å². The van der Waals surface area contributed by atoms with Gasteiger partial charge in [-0.2, -0.15) is 11.8 Å². The van der Waals surface area contributed by atoms with E-state index in [0.717, 1.165) is 18.7 Å². The average molecular weight is 225 g/mol. The quantitative estimate of drug-likeness (QED) is 0.696. The molecule has 0 bridgehead atoms. The summed E-state index contributed by atoms with van der Waals surface area (Å²) in [6.45, 7) is 2.12. The van der Waals surface area contributed by atoms with Crippen molar-refractivity contribution >= 4 is 11.8 Å². The van der Waals surface area contributed by atoms with Crippen LogP contribution >= 0.6 is 11.8 Å². The first-order valence-electron chi connectivity index (χ1n) is 5.25. The molecular weight excluding hydrogens is 206 g/mol. The predicted octanol–water partition coefficient (Wildman–Crippen LogP) is 2.02. The summed E-state index contributed by atoms with van der Waals surface area (Å²) in [5.74, 6) is 1.22. The van der Waals surface area contributed by atoms with E-state index < -0.39 is 0 Å². The summed E-state index contributed by atoms with van der Waals surface area (Å²) < 4.78 is 0. The van der Waals surface area contributed by atoms with Crippen LogP contribution in [-0.4, -0.2) is 23.7 Å². The molecule has 0 spiro atoms. The smallest absolute Gasteiger partial charge is 0.0681 e. The minimum Gasteiger partial charge on any atom is -0.392 e. The van der Waals surface area contributed by atoms with Gasteiger partial charge < -0.3 is 10.4 Å². The molecule has 1 aromatic rings. The van der Waals surface area contributed by atoms with Crippen molar-refractivity contribution in [1.82, 2.24) is 5.32 Å². The molecule has 0 aliphatic heterocycles. The van der Waals surface area contributed by atoms with Gasteiger partial charge in [-0.05, 0) is 36.1 Å². The minimum atomic E-state index is 0.126. The van der Waals surface area contributed by atoms with Gasteiger partial charge in [-0.15, -0.1) is 0 Å². The highest BCUT2D eigenvalue weighted by Gasteiger charge is 1.93. The van der Waals surface area contributed by atoms with E-state index in [-0.39, 0.29) is 6.61 Å². The Bertz CT molecular complexity index is 261. The second kappa shape index (κ2) is 7.74. The van der Waals surface area contributed by atoms with E-state index in [9.17, 15) is 0 Å². The fraction of sp³-hybridized carbons (Fsp3) is 0.500. The first kappa shape index (κ1) is 12.6. The number of nitrogens with one attached hydrogen (secondary N) is 1. The number of hydrogen-bond donors (Lipinski definition) is 2. The molecule has 0 aromatic heterocycles. The molecule has 0 saturated heterocycles. The van der Waals surface area contributed by atoms with Crippen LogP contribution in [0.25, 0.3) is 0 Å². The van der Waals surface area contributed by atoms with Crippen molar-refractivity contribution in [2.75, 3.05) is 18.6 Å². The molecule has 0 fully saturated rings. The Morgan fingerprint density at radius 3 is 2.47 bits per heavy atom. The molecule has 0 amide bonds. The molecule has 2 nitrogen and oxygen atoms in total. The lowest BCUT2D eigenvalue weighted by atomic mass is 10.1. The SMILES string of the molecule is CSCCCNCc1ccc(CO)cc1. The Hall–Kier alpha value is -0.510. The second-order valence-corrected chi connectivity index (χ2v) is 4.48. The molecule has 3 heteroatoms. The minimum absolute atomic E-state index is 0.126. The summed E-state index contributed by atoms with van der Waals surface area (Å²) >= 11 is 1.89. The lowest BCUT2D eigenvalue weighted by Crippen LogP contribution is -2.15. The molecule has 0 aliphatic carbocycles. The van der Waals surface area contributed by atoms with Crippen molar-refractivity contribution in [2.45, 2.75) is 19.6 Å². The Morgan fingerprint density at radius 2 is 1.87 bits per heavy atom. The Kier molecular flexibility index (Phi) is 6.48. The predicted molar refractivity (Wildman–Crippen MR) is 67.1 cm³/mol. The van der Waals surface area contributed by atoms with Gasteiger partial charge in [0.2, 0.25) is 0 Å². The van der Waals surface area contributed by atoms with E-state index in [2.05, 4.69) is 23.7 Å². The van der Waals surface area contributed by atoms with E-state index in [1.807, 2.05) is 23.9 Å². The molecule has 0 unspecified atom stereocenters. The van der Waals surface area contributed by atoms with Crippen LogP contribution in [0.2, 0.25) is 0 Å². The van der Waals surface area contributed by atoms with E-state index in [4.69, 9.17) is 5.11 Å². The van der Waals surface area contributed by atoms with Crippen LogP contribution < -0.4 is 5.32 Å². The average Bonchev–Trinajstić information content (AvgIpc) is 2.30. The largest absolute Gasteiger partial charge is 0.392 e. The zero-order valence-corrected chi connectivity index (χ0v) is 10.0. The van der Waals surface area contributed by atoms with Crippen molar-refractivity contribution in [2.24, 2.45) is 0 Å². The van der Waals surface area contributed by atoms with Gasteiger partial charge in [0.15, 0.2) is 0 Å². The summed E-state index contributed by atoms with van der Waals surface area (Å²) in [7, 11) is 0. The molecule has 0 radical (unpaired) electrons. The Labute approximate surface area is 96.1 Å². The second-order valence-electron chi connectivity index (χ2n) is 3.50.